The number of hydrogen-bond donors (Lipinski definition) is 1. The third-order valence-corrected chi connectivity index (χ3v) is 4.63. The Balaban J connectivity index is 1.63. The third-order valence-electron chi connectivity index (χ3n) is 4.63. The molecule has 3 rings (SSSR count). The summed E-state index contributed by atoms with van der Waals surface area (Å²) in [6, 6.07) is 7.64. The number of aromatic nitrogens is 2. The molecule has 0 unspecified atom stereocenters. The Bertz CT molecular complexity index is 713. The molecule has 7 nitrogen and oxygen atoms in total. The molecule has 3 heterocycles. The number of anilines is 2. The third kappa shape index (κ3) is 5.65. The molecular weight excluding hydrogens is 340 g/mol. The van der Waals surface area contributed by atoms with Gasteiger partial charge in [0.15, 0.2) is 0 Å². The summed E-state index contributed by atoms with van der Waals surface area (Å²) in [5.41, 5.74) is 1.72. The van der Waals surface area contributed by atoms with E-state index in [-0.39, 0.29) is 6.03 Å². The molecule has 2 aromatic rings. The molecule has 2 aromatic heterocycles. The minimum atomic E-state index is -0.128. The average Bonchev–Trinajstić information content (AvgIpc) is 3.21. The standard InChI is InChI=1S/C20H28N6O/c1-24(2)12-13-26(16-17-6-5-9-21-14-17)20(27)23-18-7-8-19(22-15-18)25-10-3-4-11-25/h5-9,14-15H,3-4,10-13,16H2,1-2H3,(H,23,27). The molecule has 1 aliphatic heterocycles. The number of pyridine rings is 2. The van der Waals surface area contributed by atoms with E-state index in [9.17, 15) is 4.79 Å². The highest BCUT2D eigenvalue weighted by Gasteiger charge is 2.16. The van der Waals surface area contributed by atoms with Crippen LogP contribution in [0.4, 0.5) is 16.3 Å². The van der Waals surface area contributed by atoms with Crippen LogP contribution in [0.3, 0.4) is 0 Å². The van der Waals surface area contributed by atoms with E-state index in [1.807, 2.05) is 38.4 Å². The molecule has 0 atom stereocenters. The number of nitrogens with one attached hydrogen (secondary N) is 1. The molecule has 1 aliphatic rings. The fourth-order valence-electron chi connectivity index (χ4n) is 3.08. The summed E-state index contributed by atoms with van der Waals surface area (Å²) in [6.45, 7) is 4.06. The van der Waals surface area contributed by atoms with Crippen LogP contribution in [-0.2, 0) is 6.54 Å². The van der Waals surface area contributed by atoms with E-state index in [1.54, 1.807) is 23.5 Å². The summed E-state index contributed by atoms with van der Waals surface area (Å²) in [6.07, 6.45) is 7.70. The summed E-state index contributed by atoms with van der Waals surface area (Å²) in [4.78, 5) is 27.6. The first-order valence-corrected chi connectivity index (χ1v) is 9.42. The summed E-state index contributed by atoms with van der Waals surface area (Å²) in [5, 5.41) is 2.97. The van der Waals surface area contributed by atoms with Crippen molar-refractivity contribution in [1.29, 1.82) is 0 Å². The smallest absolute Gasteiger partial charge is 0.322 e. The molecule has 0 bridgehead atoms. The number of urea groups is 1. The Morgan fingerprint density at radius 3 is 2.59 bits per heavy atom. The van der Waals surface area contributed by atoms with Crippen LogP contribution >= 0.6 is 0 Å². The fourth-order valence-corrected chi connectivity index (χ4v) is 3.08. The first-order chi connectivity index (χ1) is 13.1. The van der Waals surface area contributed by atoms with Gasteiger partial charge in [0.05, 0.1) is 11.9 Å². The van der Waals surface area contributed by atoms with Crippen molar-refractivity contribution in [2.75, 3.05) is 50.5 Å². The molecular formula is C20H28N6O. The van der Waals surface area contributed by atoms with Crippen LogP contribution in [0.5, 0.6) is 0 Å². The van der Waals surface area contributed by atoms with Crippen molar-refractivity contribution in [2.45, 2.75) is 19.4 Å². The zero-order chi connectivity index (χ0) is 19.1. The summed E-state index contributed by atoms with van der Waals surface area (Å²) >= 11 is 0. The second kappa shape index (κ2) is 9.32. The van der Waals surface area contributed by atoms with Gasteiger partial charge in [0, 0.05) is 45.1 Å². The molecule has 2 amide bonds. The van der Waals surface area contributed by atoms with Gasteiger partial charge < -0.3 is 20.0 Å². The maximum absolute atomic E-state index is 12.8. The predicted molar refractivity (Wildman–Crippen MR) is 108 cm³/mol. The molecule has 7 heteroatoms. The van der Waals surface area contributed by atoms with Crippen molar-refractivity contribution in [3.8, 4) is 0 Å². The van der Waals surface area contributed by atoms with E-state index in [0.29, 0.717) is 18.8 Å². The number of carbonyl (C=O) groups is 1. The summed E-state index contributed by atoms with van der Waals surface area (Å²) in [5.74, 6) is 0.977. The molecule has 1 N–H and O–H groups in total. The van der Waals surface area contributed by atoms with Crippen LogP contribution in [0.1, 0.15) is 18.4 Å². The molecule has 0 radical (unpaired) electrons. The molecule has 0 aromatic carbocycles. The van der Waals surface area contributed by atoms with E-state index in [2.05, 4.69) is 25.1 Å². The lowest BCUT2D eigenvalue weighted by Crippen LogP contribution is -2.39. The second-order valence-electron chi connectivity index (χ2n) is 7.12. The highest BCUT2D eigenvalue weighted by Crippen LogP contribution is 2.19. The second-order valence-corrected chi connectivity index (χ2v) is 7.12. The van der Waals surface area contributed by atoms with E-state index in [0.717, 1.165) is 31.0 Å². The Labute approximate surface area is 161 Å². The number of carbonyl (C=O) groups excluding carboxylic acids is 1. The Hall–Kier alpha value is -2.67. The Morgan fingerprint density at radius 2 is 1.96 bits per heavy atom. The van der Waals surface area contributed by atoms with Crippen molar-refractivity contribution in [1.82, 2.24) is 19.8 Å². The van der Waals surface area contributed by atoms with Crippen LogP contribution in [0.25, 0.3) is 0 Å². The number of hydrogen-bond acceptors (Lipinski definition) is 5. The molecule has 144 valence electrons. The first-order valence-electron chi connectivity index (χ1n) is 9.42. The maximum atomic E-state index is 12.8. The van der Waals surface area contributed by atoms with Gasteiger partial charge in [-0.1, -0.05) is 6.07 Å². The largest absolute Gasteiger partial charge is 0.357 e. The van der Waals surface area contributed by atoms with Crippen molar-refractivity contribution >= 4 is 17.5 Å². The van der Waals surface area contributed by atoms with Gasteiger partial charge >= 0.3 is 6.03 Å². The average molecular weight is 368 g/mol. The van der Waals surface area contributed by atoms with Crippen LogP contribution in [0, 0.1) is 0 Å². The van der Waals surface area contributed by atoms with Gasteiger partial charge in [0.1, 0.15) is 5.82 Å². The van der Waals surface area contributed by atoms with Crippen molar-refractivity contribution in [3.05, 3.63) is 48.4 Å². The molecule has 0 saturated carbocycles. The lowest BCUT2D eigenvalue weighted by atomic mass is 10.2. The molecule has 1 fully saturated rings. The number of nitrogens with zero attached hydrogens (tertiary/aromatic N) is 5. The normalized spacial score (nSPS) is 13.8. The van der Waals surface area contributed by atoms with Crippen molar-refractivity contribution in [2.24, 2.45) is 0 Å². The lowest BCUT2D eigenvalue weighted by Gasteiger charge is -2.25. The molecule has 27 heavy (non-hydrogen) atoms. The SMILES string of the molecule is CN(C)CCN(Cc1cccnc1)C(=O)Nc1ccc(N2CCCC2)nc1. The van der Waals surface area contributed by atoms with Gasteiger partial charge in [-0.25, -0.2) is 9.78 Å². The van der Waals surface area contributed by atoms with Crippen LogP contribution in [-0.4, -0.2) is 66.1 Å². The minimum absolute atomic E-state index is 0.128. The van der Waals surface area contributed by atoms with Gasteiger partial charge in [-0.15, -0.1) is 0 Å². The molecule has 0 spiro atoms. The fraction of sp³-hybridized carbons (Fsp3) is 0.450. The van der Waals surface area contributed by atoms with E-state index >= 15 is 0 Å². The van der Waals surface area contributed by atoms with Gasteiger partial charge in [-0.05, 0) is 50.7 Å². The van der Waals surface area contributed by atoms with E-state index < -0.39 is 0 Å². The summed E-state index contributed by atoms with van der Waals surface area (Å²) in [7, 11) is 4.00. The number of likely N-dealkylation sites (N-methyl/N-ethyl adjacent to an activating group) is 1. The zero-order valence-electron chi connectivity index (χ0n) is 16.1. The highest BCUT2D eigenvalue weighted by atomic mass is 16.2. The predicted octanol–water partition coefficient (Wildman–Crippen LogP) is 2.67. The van der Waals surface area contributed by atoms with Crippen molar-refractivity contribution < 1.29 is 4.79 Å². The van der Waals surface area contributed by atoms with Gasteiger partial charge in [-0.3, -0.25) is 4.98 Å². The lowest BCUT2D eigenvalue weighted by molar-refractivity contribution is 0.202. The zero-order valence-corrected chi connectivity index (χ0v) is 16.1. The van der Waals surface area contributed by atoms with Gasteiger partial charge in [0.25, 0.3) is 0 Å². The topological polar surface area (TPSA) is 64.6 Å². The number of amides is 2. The van der Waals surface area contributed by atoms with E-state index in [4.69, 9.17) is 0 Å². The van der Waals surface area contributed by atoms with Crippen LogP contribution in [0.2, 0.25) is 0 Å². The minimum Gasteiger partial charge on any atom is -0.357 e. The monoisotopic (exact) mass is 368 g/mol. The van der Waals surface area contributed by atoms with Gasteiger partial charge in [0.2, 0.25) is 0 Å². The maximum Gasteiger partial charge on any atom is 0.322 e. The van der Waals surface area contributed by atoms with E-state index in [1.165, 1.54) is 12.8 Å². The Kier molecular flexibility index (Phi) is 6.59. The molecule has 0 aliphatic carbocycles. The Morgan fingerprint density at radius 1 is 1.15 bits per heavy atom. The number of rotatable bonds is 7. The summed E-state index contributed by atoms with van der Waals surface area (Å²) < 4.78 is 0. The van der Waals surface area contributed by atoms with Gasteiger partial charge in [-0.2, -0.15) is 0 Å². The van der Waals surface area contributed by atoms with Crippen LogP contribution in [0.15, 0.2) is 42.9 Å². The molecule has 1 saturated heterocycles. The first kappa shape index (κ1) is 19.1. The quantitative estimate of drug-likeness (QED) is 0.814. The highest BCUT2D eigenvalue weighted by molar-refractivity contribution is 5.89. The van der Waals surface area contributed by atoms with Crippen molar-refractivity contribution in [3.63, 3.8) is 0 Å². The van der Waals surface area contributed by atoms with Crippen LogP contribution < -0.4 is 10.2 Å².